The molecule has 110 valence electrons. The summed E-state index contributed by atoms with van der Waals surface area (Å²) in [6, 6.07) is 3.43. The van der Waals surface area contributed by atoms with Gasteiger partial charge in [-0.15, -0.1) is 0 Å². The maximum absolute atomic E-state index is 13.0. The number of hydrogen-bond donors (Lipinski definition) is 2. The van der Waals surface area contributed by atoms with Gasteiger partial charge in [-0.1, -0.05) is 6.92 Å². The van der Waals surface area contributed by atoms with Gasteiger partial charge in [0, 0.05) is 18.0 Å². The lowest BCUT2D eigenvalue weighted by molar-refractivity contribution is -0.131. The van der Waals surface area contributed by atoms with Crippen molar-refractivity contribution in [2.45, 2.75) is 26.2 Å². The summed E-state index contributed by atoms with van der Waals surface area (Å²) in [5.41, 5.74) is 0.219. The molecular weight excluding hydrogens is 262 g/mol. The fourth-order valence-corrected chi connectivity index (χ4v) is 2.49. The van der Waals surface area contributed by atoms with Crippen LogP contribution >= 0.6 is 0 Å². The number of hydrogen-bond acceptors (Lipinski definition) is 2. The molecule has 0 saturated carbocycles. The Bertz CT molecular complexity index is 465. The second kappa shape index (κ2) is 6.31. The zero-order chi connectivity index (χ0) is 14.6. The third kappa shape index (κ3) is 3.76. The van der Waals surface area contributed by atoms with Gasteiger partial charge in [0.05, 0.1) is 0 Å². The molecule has 2 rings (SSSR count). The summed E-state index contributed by atoms with van der Waals surface area (Å²) >= 11 is 0. The van der Waals surface area contributed by atoms with Crippen LogP contribution in [0.25, 0.3) is 0 Å². The van der Waals surface area contributed by atoms with Gasteiger partial charge in [0.1, 0.15) is 11.6 Å². The molecule has 0 atom stereocenters. The van der Waals surface area contributed by atoms with Crippen LogP contribution in [-0.4, -0.2) is 25.5 Å². The maximum Gasteiger partial charge on any atom is 0.226 e. The van der Waals surface area contributed by atoms with E-state index in [0.717, 1.165) is 32.0 Å². The molecule has 1 fully saturated rings. The number of rotatable bonds is 4. The Hall–Kier alpha value is -1.49. The molecule has 1 aliphatic heterocycles. The van der Waals surface area contributed by atoms with E-state index in [-0.39, 0.29) is 11.3 Å². The van der Waals surface area contributed by atoms with Gasteiger partial charge in [0.25, 0.3) is 0 Å². The van der Waals surface area contributed by atoms with Crippen LogP contribution in [0.3, 0.4) is 0 Å². The molecule has 0 radical (unpaired) electrons. The summed E-state index contributed by atoms with van der Waals surface area (Å²) in [4.78, 5) is 12.2. The van der Waals surface area contributed by atoms with Gasteiger partial charge in [0.15, 0.2) is 0 Å². The van der Waals surface area contributed by atoms with Crippen molar-refractivity contribution in [1.29, 1.82) is 0 Å². The van der Waals surface area contributed by atoms with E-state index in [2.05, 4.69) is 10.6 Å². The lowest BCUT2D eigenvalue weighted by Crippen LogP contribution is -2.46. The van der Waals surface area contributed by atoms with Crippen LogP contribution in [0.5, 0.6) is 0 Å². The highest BCUT2D eigenvalue weighted by atomic mass is 19.1. The molecule has 1 aromatic rings. The molecule has 0 bridgehead atoms. The largest absolute Gasteiger partial charge is 0.355 e. The van der Waals surface area contributed by atoms with Crippen molar-refractivity contribution in [1.82, 2.24) is 10.6 Å². The van der Waals surface area contributed by atoms with E-state index in [4.69, 9.17) is 0 Å². The molecule has 3 nitrogen and oxygen atoms in total. The lowest BCUT2D eigenvalue weighted by atomic mass is 9.80. The van der Waals surface area contributed by atoms with Gasteiger partial charge in [-0.2, -0.15) is 0 Å². The minimum Gasteiger partial charge on any atom is -0.355 e. The Morgan fingerprint density at radius 3 is 2.45 bits per heavy atom. The van der Waals surface area contributed by atoms with Crippen molar-refractivity contribution in [2.75, 3.05) is 19.6 Å². The normalized spacial score (nSPS) is 17.8. The first kappa shape index (κ1) is 14.9. The molecule has 1 amide bonds. The maximum atomic E-state index is 13.0. The lowest BCUT2D eigenvalue weighted by Gasteiger charge is -2.32. The zero-order valence-corrected chi connectivity index (χ0v) is 11.6. The minimum atomic E-state index is -0.586. The summed E-state index contributed by atoms with van der Waals surface area (Å²) < 4.78 is 26.1. The molecule has 1 heterocycles. The van der Waals surface area contributed by atoms with E-state index < -0.39 is 11.6 Å². The second-order valence-electron chi connectivity index (χ2n) is 5.59. The molecule has 2 N–H and O–H groups in total. The quantitative estimate of drug-likeness (QED) is 0.887. The molecule has 1 saturated heterocycles. The van der Waals surface area contributed by atoms with Crippen LogP contribution in [0.15, 0.2) is 18.2 Å². The van der Waals surface area contributed by atoms with E-state index in [0.29, 0.717) is 18.5 Å². The number of halogens is 2. The fraction of sp³-hybridized carbons (Fsp3) is 0.533. The van der Waals surface area contributed by atoms with Crippen LogP contribution in [-0.2, 0) is 11.2 Å². The molecule has 0 aromatic heterocycles. The van der Waals surface area contributed by atoms with E-state index in [1.54, 1.807) is 0 Å². The van der Waals surface area contributed by atoms with E-state index in [9.17, 15) is 13.6 Å². The molecule has 1 aromatic carbocycles. The average molecular weight is 282 g/mol. The van der Waals surface area contributed by atoms with Crippen molar-refractivity contribution in [3.05, 3.63) is 35.4 Å². The van der Waals surface area contributed by atoms with Crippen molar-refractivity contribution in [3.63, 3.8) is 0 Å². The predicted molar refractivity (Wildman–Crippen MR) is 73.3 cm³/mol. The highest BCUT2D eigenvalue weighted by molar-refractivity contribution is 5.82. The van der Waals surface area contributed by atoms with Crippen LogP contribution in [0, 0.1) is 17.0 Å². The highest BCUT2D eigenvalue weighted by Gasteiger charge is 2.34. The number of carbonyl (C=O) groups excluding carboxylic acids is 1. The molecule has 20 heavy (non-hydrogen) atoms. The summed E-state index contributed by atoms with van der Waals surface area (Å²) in [5.74, 6) is -1.15. The predicted octanol–water partition coefficient (Wildman–Crippen LogP) is 2.01. The summed E-state index contributed by atoms with van der Waals surface area (Å²) in [5, 5.41) is 6.09. The Morgan fingerprint density at radius 2 is 1.85 bits per heavy atom. The van der Waals surface area contributed by atoms with Crippen LogP contribution in [0.1, 0.15) is 25.3 Å². The first-order valence-corrected chi connectivity index (χ1v) is 6.94. The van der Waals surface area contributed by atoms with E-state index in [1.165, 1.54) is 12.1 Å². The molecule has 0 aliphatic carbocycles. The topological polar surface area (TPSA) is 41.1 Å². The third-order valence-electron chi connectivity index (χ3n) is 3.88. The molecule has 5 heteroatoms. The van der Waals surface area contributed by atoms with Gasteiger partial charge < -0.3 is 10.6 Å². The number of piperidine rings is 1. The van der Waals surface area contributed by atoms with Gasteiger partial charge in [-0.25, -0.2) is 8.78 Å². The minimum absolute atomic E-state index is 0.0240. The molecule has 0 spiro atoms. The smallest absolute Gasteiger partial charge is 0.226 e. The SMILES string of the molecule is CC1(C(=O)NCCc2cc(F)cc(F)c2)CCNCC1. The second-order valence-corrected chi connectivity index (χ2v) is 5.59. The number of carbonyl (C=O) groups is 1. The van der Waals surface area contributed by atoms with Crippen molar-refractivity contribution in [2.24, 2.45) is 5.41 Å². The molecule has 1 aliphatic rings. The van der Waals surface area contributed by atoms with E-state index >= 15 is 0 Å². The fourth-order valence-electron chi connectivity index (χ4n) is 2.49. The highest BCUT2D eigenvalue weighted by Crippen LogP contribution is 2.27. The Morgan fingerprint density at radius 1 is 1.25 bits per heavy atom. The Kier molecular flexibility index (Phi) is 4.70. The van der Waals surface area contributed by atoms with Crippen molar-refractivity contribution < 1.29 is 13.6 Å². The van der Waals surface area contributed by atoms with Crippen LogP contribution < -0.4 is 10.6 Å². The number of nitrogens with one attached hydrogen (secondary N) is 2. The zero-order valence-electron chi connectivity index (χ0n) is 11.6. The summed E-state index contributed by atoms with van der Waals surface area (Å²) in [6.07, 6.45) is 2.05. The van der Waals surface area contributed by atoms with Gasteiger partial charge in [-0.3, -0.25) is 4.79 Å². The Labute approximate surface area is 117 Å². The van der Waals surface area contributed by atoms with Gasteiger partial charge in [0.2, 0.25) is 5.91 Å². The number of amides is 1. The average Bonchev–Trinajstić information content (AvgIpc) is 2.38. The summed E-state index contributed by atoms with van der Waals surface area (Å²) in [6.45, 7) is 4.05. The van der Waals surface area contributed by atoms with E-state index in [1.807, 2.05) is 6.92 Å². The van der Waals surface area contributed by atoms with Crippen molar-refractivity contribution >= 4 is 5.91 Å². The van der Waals surface area contributed by atoms with Gasteiger partial charge in [-0.05, 0) is 50.0 Å². The molecular formula is C15H20F2N2O. The monoisotopic (exact) mass is 282 g/mol. The summed E-state index contributed by atoms with van der Waals surface area (Å²) in [7, 11) is 0. The van der Waals surface area contributed by atoms with Crippen LogP contribution in [0.4, 0.5) is 8.78 Å². The number of benzene rings is 1. The van der Waals surface area contributed by atoms with Crippen molar-refractivity contribution in [3.8, 4) is 0 Å². The van der Waals surface area contributed by atoms with Crippen LogP contribution in [0.2, 0.25) is 0 Å². The van der Waals surface area contributed by atoms with Gasteiger partial charge >= 0.3 is 0 Å². The molecule has 0 unspecified atom stereocenters. The first-order chi connectivity index (χ1) is 9.49. The Balaban J connectivity index is 1.84. The standard InChI is InChI=1S/C15H20F2N2O/c1-15(3-6-18-7-4-15)14(20)19-5-2-11-8-12(16)10-13(17)9-11/h8-10,18H,2-7H2,1H3,(H,19,20). The third-order valence-corrected chi connectivity index (χ3v) is 3.88. The first-order valence-electron chi connectivity index (χ1n) is 6.94.